The first-order chi connectivity index (χ1) is 13.9. The van der Waals surface area contributed by atoms with E-state index >= 15 is 0 Å². The highest BCUT2D eigenvalue weighted by molar-refractivity contribution is 5.72. The second-order valence-corrected chi connectivity index (χ2v) is 7.31. The molecule has 2 atom stereocenters. The molecular weight excluding hydrogens is 397 g/mol. The Labute approximate surface area is 173 Å². The van der Waals surface area contributed by atoms with Crippen LogP contribution in [-0.4, -0.2) is 28.4 Å². The van der Waals surface area contributed by atoms with E-state index in [1.165, 1.54) is 19.1 Å². The largest absolute Gasteiger partial charge is 0.479 e. The number of aliphatic hydroxyl groups is 1. The number of benzene rings is 2. The maximum Gasteiger partial charge on any atom is 0.416 e. The van der Waals surface area contributed by atoms with Crippen molar-refractivity contribution in [3.8, 4) is 11.8 Å². The molecule has 0 aromatic heterocycles. The van der Waals surface area contributed by atoms with Gasteiger partial charge in [-0.25, -0.2) is 4.79 Å². The first-order valence-corrected chi connectivity index (χ1v) is 9.29. The fourth-order valence-corrected chi connectivity index (χ4v) is 2.75. The number of carboxylic acid groups (broad SMARTS) is 1. The Morgan fingerprint density at radius 2 is 1.73 bits per heavy atom. The van der Waals surface area contributed by atoms with Crippen molar-refractivity contribution >= 4 is 5.97 Å². The van der Waals surface area contributed by atoms with Gasteiger partial charge in [0.05, 0.1) is 11.7 Å². The lowest BCUT2D eigenvalue weighted by Crippen LogP contribution is -2.29. The fraction of sp³-hybridized carbons (Fsp3) is 0.348. The van der Waals surface area contributed by atoms with Crippen molar-refractivity contribution in [2.45, 2.75) is 51.2 Å². The van der Waals surface area contributed by atoms with Crippen molar-refractivity contribution < 1.29 is 32.9 Å². The Bertz CT molecular complexity index is 935. The molecule has 0 fully saturated rings. The molecular formula is C23H23F3O4. The van der Waals surface area contributed by atoms with E-state index in [0.29, 0.717) is 16.7 Å². The van der Waals surface area contributed by atoms with E-state index in [9.17, 15) is 28.2 Å². The maximum absolute atomic E-state index is 12.6. The molecule has 2 aromatic rings. The highest BCUT2D eigenvalue weighted by Gasteiger charge is 2.30. The molecule has 2 N–H and O–H groups in total. The molecule has 160 valence electrons. The summed E-state index contributed by atoms with van der Waals surface area (Å²) in [5.74, 6) is 4.26. The highest BCUT2D eigenvalue weighted by Crippen LogP contribution is 2.29. The molecule has 0 aliphatic rings. The number of carbonyl (C=O) groups is 1. The van der Waals surface area contributed by atoms with Gasteiger partial charge in [0.2, 0.25) is 0 Å². The van der Waals surface area contributed by atoms with E-state index in [1.54, 1.807) is 38.1 Å². The van der Waals surface area contributed by atoms with Gasteiger partial charge in [-0.2, -0.15) is 13.2 Å². The summed E-state index contributed by atoms with van der Waals surface area (Å²) in [5.41, 5.74) is -0.943. The van der Waals surface area contributed by atoms with E-state index in [0.717, 1.165) is 12.1 Å². The van der Waals surface area contributed by atoms with Crippen molar-refractivity contribution in [2.75, 3.05) is 0 Å². The summed E-state index contributed by atoms with van der Waals surface area (Å²) in [6.45, 7) is 4.95. The van der Waals surface area contributed by atoms with E-state index < -0.39 is 29.4 Å². The Morgan fingerprint density at radius 1 is 1.10 bits per heavy atom. The van der Waals surface area contributed by atoms with Crippen molar-refractivity contribution in [3.05, 3.63) is 70.8 Å². The number of halogens is 3. The van der Waals surface area contributed by atoms with E-state index in [-0.39, 0.29) is 12.5 Å². The molecule has 0 heterocycles. The summed E-state index contributed by atoms with van der Waals surface area (Å²) < 4.78 is 43.3. The molecule has 2 aromatic carbocycles. The second-order valence-electron chi connectivity index (χ2n) is 7.31. The van der Waals surface area contributed by atoms with Gasteiger partial charge < -0.3 is 14.9 Å². The summed E-state index contributed by atoms with van der Waals surface area (Å²) in [7, 11) is 0. The minimum atomic E-state index is -4.43. The van der Waals surface area contributed by atoms with Gasteiger partial charge in [0.25, 0.3) is 0 Å². The molecule has 30 heavy (non-hydrogen) atoms. The van der Waals surface area contributed by atoms with Crippen molar-refractivity contribution in [2.24, 2.45) is 0 Å². The highest BCUT2D eigenvalue weighted by atomic mass is 19.4. The quantitative estimate of drug-likeness (QED) is 0.681. The van der Waals surface area contributed by atoms with Gasteiger partial charge in [-0.05, 0) is 56.2 Å². The zero-order chi connectivity index (χ0) is 22.5. The molecule has 0 radical (unpaired) electrons. The van der Waals surface area contributed by atoms with Crippen LogP contribution in [0.25, 0.3) is 0 Å². The topological polar surface area (TPSA) is 66.8 Å². The number of hydrogen-bond donors (Lipinski definition) is 2. The second kappa shape index (κ2) is 9.33. The molecule has 0 bridgehead atoms. The zero-order valence-corrected chi connectivity index (χ0v) is 16.8. The fourth-order valence-electron chi connectivity index (χ4n) is 2.75. The lowest BCUT2D eigenvalue weighted by molar-refractivity contribution is -0.153. The molecule has 4 nitrogen and oxygen atoms in total. The minimum absolute atomic E-state index is 0.115. The number of ether oxygens (including phenoxy) is 1. The standard InChI is InChI=1S/C23H23F3O4/c1-15(2)30-20(21(27)28)14-17-5-4-6-19(13-17)22(3,29)12-11-16-7-9-18(10-8-16)23(24,25)26/h4-10,13,15,20,29H,14H2,1-3H3,(H,27,28). The number of hydrogen-bond acceptors (Lipinski definition) is 3. The van der Waals surface area contributed by atoms with E-state index in [1.807, 2.05) is 0 Å². The molecule has 0 aliphatic heterocycles. The molecule has 0 spiro atoms. The van der Waals surface area contributed by atoms with Gasteiger partial charge in [-0.1, -0.05) is 36.1 Å². The maximum atomic E-state index is 12.6. The predicted octanol–water partition coefficient (Wildman–Crippen LogP) is 4.39. The van der Waals surface area contributed by atoms with Crippen LogP contribution in [0.3, 0.4) is 0 Å². The summed E-state index contributed by atoms with van der Waals surface area (Å²) in [4.78, 5) is 11.4. The van der Waals surface area contributed by atoms with Crippen LogP contribution in [0.1, 0.15) is 43.0 Å². The van der Waals surface area contributed by atoms with Gasteiger partial charge in [-0.15, -0.1) is 0 Å². The predicted molar refractivity (Wildman–Crippen MR) is 106 cm³/mol. The first kappa shape index (κ1) is 23.5. The van der Waals surface area contributed by atoms with E-state index in [2.05, 4.69) is 11.8 Å². The summed E-state index contributed by atoms with van der Waals surface area (Å²) >= 11 is 0. The number of alkyl halides is 3. The average Bonchev–Trinajstić information content (AvgIpc) is 2.65. The molecule has 0 amide bonds. The third-order valence-corrected chi connectivity index (χ3v) is 4.28. The average molecular weight is 420 g/mol. The summed E-state index contributed by atoms with van der Waals surface area (Å²) in [6.07, 6.45) is -5.59. The Balaban J connectivity index is 2.22. The SMILES string of the molecule is CC(C)OC(Cc1cccc(C(C)(O)C#Cc2ccc(C(F)(F)F)cc2)c1)C(=O)O. The minimum Gasteiger partial charge on any atom is -0.479 e. The van der Waals surface area contributed by atoms with Crippen LogP contribution in [0.2, 0.25) is 0 Å². The third kappa shape index (κ3) is 6.61. The molecule has 0 saturated carbocycles. The van der Waals surface area contributed by atoms with Gasteiger partial charge in [-0.3, -0.25) is 0 Å². The summed E-state index contributed by atoms with van der Waals surface area (Å²) in [5, 5.41) is 20.1. The van der Waals surface area contributed by atoms with Crippen molar-refractivity contribution in [1.82, 2.24) is 0 Å². The zero-order valence-electron chi connectivity index (χ0n) is 16.8. The molecule has 2 rings (SSSR count). The molecule has 7 heteroatoms. The van der Waals surface area contributed by atoms with Gasteiger partial charge in [0.15, 0.2) is 6.10 Å². The van der Waals surface area contributed by atoms with Crippen LogP contribution >= 0.6 is 0 Å². The monoisotopic (exact) mass is 420 g/mol. The van der Waals surface area contributed by atoms with Crippen LogP contribution < -0.4 is 0 Å². The molecule has 2 unspecified atom stereocenters. The number of carboxylic acids is 1. The third-order valence-electron chi connectivity index (χ3n) is 4.28. The Morgan fingerprint density at radius 3 is 2.27 bits per heavy atom. The lowest BCUT2D eigenvalue weighted by atomic mass is 9.93. The van der Waals surface area contributed by atoms with Gasteiger partial charge in [0.1, 0.15) is 5.60 Å². The smallest absolute Gasteiger partial charge is 0.416 e. The molecule has 0 aliphatic carbocycles. The first-order valence-electron chi connectivity index (χ1n) is 9.29. The summed E-state index contributed by atoms with van der Waals surface area (Å²) in [6, 6.07) is 11.0. The normalized spacial score (nSPS) is 14.5. The Kier molecular flexibility index (Phi) is 7.30. The number of rotatable bonds is 6. The van der Waals surface area contributed by atoms with Crippen molar-refractivity contribution in [3.63, 3.8) is 0 Å². The van der Waals surface area contributed by atoms with Crippen LogP contribution in [0.4, 0.5) is 13.2 Å². The van der Waals surface area contributed by atoms with Crippen LogP contribution in [-0.2, 0) is 27.7 Å². The van der Waals surface area contributed by atoms with Gasteiger partial charge in [0, 0.05) is 12.0 Å². The number of aliphatic carboxylic acids is 1. The van der Waals surface area contributed by atoms with Crippen LogP contribution in [0.5, 0.6) is 0 Å². The van der Waals surface area contributed by atoms with Crippen LogP contribution in [0, 0.1) is 11.8 Å². The Hall–Kier alpha value is -2.82. The van der Waals surface area contributed by atoms with Crippen molar-refractivity contribution in [1.29, 1.82) is 0 Å². The lowest BCUT2D eigenvalue weighted by Gasteiger charge is -2.20. The van der Waals surface area contributed by atoms with E-state index in [4.69, 9.17) is 4.74 Å². The van der Waals surface area contributed by atoms with Gasteiger partial charge >= 0.3 is 12.1 Å². The molecule has 0 saturated heterocycles. The van der Waals surface area contributed by atoms with Crippen LogP contribution in [0.15, 0.2) is 48.5 Å².